The van der Waals surface area contributed by atoms with Gasteiger partial charge in [-0.15, -0.1) is 11.3 Å². The van der Waals surface area contributed by atoms with Crippen molar-refractivity contribution in [2.45, 2.75) is 6.92 Å². The highest BCUT2D eigenvalue weighted by Gasteiger charge is 2.25. The summed E-state index contributed by atoms with van der Waals surface area (Å²) in [5.41, 5.74) is 2.22. The van der Waals surface area contributed by atoms with Gasteiger partial charge in [-0.2, -0.15) is 0 Å². The number of hydrogen-bond donors (Lipinski definition) is 0. The van der Waals surface area contributed by atoms with Crippen LogP contribution in [0.3, 0.4) is 0 Å². The fourth-order valence-corrected chi connectivity index (χ4v) is 3.84. The number of esters is 1. The highest BCUT2D eigenvalue weighted by Crippen LogP contribution is 2.29. The first kappa shape index (κ1) is 16.1. The van der Waals surface area contributed by atoms with Crippen molar-refractivity contribution in [1.29, 1.82) is 0 Å². The molecule has 0 saturated carbocycles. The maximum Gasteiger partial charge on any atom is 0.363 e. The van der Waals surface area contributed by atoms with Crippen molar-refractivity contribution >= 4 is 34.3 Å². The first-order valence-electron chi connectivity index (χ1n) is 8.22. The molecule has 3 heterocycles. The molecule has 1 fully saturated rings. The van der Waals surface area contributed by atoms with E-state index in [1.807, 2.05) is 37.3 Å². The fourth-order valence-electron chi connectivity index (χ4n) is 2.85. The van der Waals surface area contributed by atoms with E-state index in [2.05, 4.69) is 16.0 Å². The first-order chi connectivity index (χ1) is 12.2. The summed E-state index contributed by atoms with van der Waals surface area (Å²) < 4.78 is 10.7. The number of ether oxygens (including phenoxy) is 2. The summed E-state index contributed by atoms with van der Waals surface area (Å²) in [6.07, 6.45) is 1.79. The second-order valence-electron chi connectivity index (χ2n) is 5.93. The maximum absolute atomic E-state index is 12.2. The number of hydrogen-bond acceptors (Lipinski definition) is 6. The summed E-state index contributed by atoms with van der Waals surface area (Å²) in [7, 11) is 0. The number of morpholine rings is 1. The van der Waals surface area contributed by atoms with Crippen molar-refractivity contribution in [3.8, 4) is 0 Å². The van der Waals surface area contributed by atoms with Crippen LogP contribution in [0.15, 0.2) is 47.1 Å². The van der Waals surface area contributed by atoms with Gasteiger partial charge in [0, 0.05) is 23.5 Å². The summed E-state index contributed by atoms with van der Waals surface area (Å²) in [4.78, 5) is 19.8. The van der Waals surface area contributed by atoms with Gasteiger partial charge in [-0.1, -0.05) is 18.2 Å². The number of thiophene rings is 1. The van der Waals surface area contributed by atoms with Gasteiger partial charge in [0.1, 0.15) is 0 Å². The van der Waals surface area contributed by atoms with Gasteiger partial charge in [0.25, 0.3) is 0 Å². The van der Waals surface area contributed by atoms with Crippen molar-refractivity contribution in [2.24, 2.45) is 4.99 Å². The van der Waals surface area contributed by atoms with E-state index in [0.29, 0.717) is 11.6 Å². The minimum absolute atomic E-state index is 0.341. The first-order valence-corrected chi connectivity index (χ1v) is 9.03. The molecule has 0 spiro atoms. The molecule has 0 unspecified atom stereocenters. The smallest absolute Gasteiger partial charge is 0.363 e. The number of aryl methyl sites for hydroxylation is 1. The van der Waals surface area contributed by atoms with Crippen LogP contribution in [0.25, 0.3) is 6.08 Å². The zero-order valence-electron chi connectivity index (χ0n) is 13.9. The summed E-state index contributed by atoms with van der Waals surface area (Å²) >= 11 is 1.65. The second kappa shape index (κ2) is 6.82. The molecule has 0 aliphatic carbocycles. The zero-order valence-corrected chi connectivity index (χ0v) is 14.7. The van der Waals surface area contributed by atoms with Gasteiger partial charge in [0.2, 0.25) is 5.90 Å². The Morgan fingerprint density at radius 1 is 1.16 bits per heavy atom. The molecule has 0 radical (unpaired) electrons. The number of carbonyl (C=O) groups excluding carboxylic acids is 1. The topological polar surface area (TPSA) is 51.1 Å². The lowest BCUT2D eigenvalue weighted by Gasteiger charge is -2.27. The fraction of sp³-hybridized carbons (Fsp3) is 0.263. The zero-order chi connectivity index (χ0) is 17.2. The summed E-state index contributed by atoms with van der Waals surface area (Å²) in [6.45, 7) is 5.28. The van der Waals surface area contributed by atoms with Crippen LogP contribution in [-0.4, -0.2) is 38.2 Å². The van der Waals surface area contributed by atoms with Gasteiger partial charge in [0.15, 0.2) is 5.70 Å². The number of benzene rings is 1. The third-order valence-corrected chi connectivity index (χ3v) is 5.30. The lowest BCUT2D eigenvalue weighted by atomic mass is 10.1. The quantitative estimate of drug-likeness (QED) is 0.627. The SMILES string of the molecule is Cc1ccccc1C1=NC(=Cc2ccc(N3CCOCC3)s2)C(=O)O1. The van der Waals surface area contributed by atoms with E-state index >= 15 is 0 Å². The molecule has 0 atom stereocenters. The second-order valence-corrected chi connectivity index (χ2v) is 7.02. The van der Waals surface area contributed by atoms with Crippen molar-refractivity contribution < 1.29 is 14.3 Å². The summed E-state index contributed by atoms with van der Waals surface area (Å²) in [5, 5.41) is 1.18. The van der Waals surface area contributed by atoms with E-state index in [1.165, 1.54) is 5.00 Å². The van der Waals surface area contributed by atoms with E-state index in [1.54, 1.807) is 17.4 Å². The Balaban J connectivity index is 1.58. The monoisotopic (exact) mass is 354 g/mol. The molecule has 0 amide bonds. The molecule has 0 N–H and O–H groups in total. The van der Waals surface area contributed by atoms with Crippen LogP contribution in [0.4, 0.5) is 5.00 Å². The molecule has 6 heteroatoms. The highest BCUT2D eigenvalue weighted by atomic mass is 32.1. The van der Waals surface area contributed by atoms with Crippen molar-refractivity contribution in [3.05, 3.63) is 58.1 Å². The van der Waals surface area contributed by atoms with Crippen molar-refractivity contribution in [3.63, 3.8) is 0 Å². The van der Waals surface area contributed by atoms with E-state index < -0.39 is 5.97 Å². The lowest BCUT2D eigenvalue weighted by molar-refractivity contribution is -0.129. The molecule has 2 aliphatic rings. The number of carbonyl (C=O) groups is 1. The number of cyclic esters (lactones) is 1. The maximum atomic E-state index is 12.2. The molecule has 25 heavy (non-hydrogen) atoms. The van der Waals surface area contributed by atoms with Crippen LogP contribution in [-0.2, 0) is 14.3 Å². The van der Waals surface area contributed by atoms with E-state index in [0.717, 1.165) is 42.3 Å². The van der Waals surface area contributed by atoms with Gasteiger partial charge in [0.05, 0.1) is 18.2 Å². The largest absolute Gasteiger partial charge is 0.402 e. The summed E-state index contributed by atoms with van der Waals surface area (Å²) in [5.74, 6) is -0.0288. The number of aliphatic imine (C=N–C) groups is 1. The van der Waals surface area contributed by atoms with Crippen LogP contribution in [0.5, 0.6) is 0 Å². The van der Waals surface area contributed by atoms with Crippen molar-refractivity contribution in [2.75, 3.05) is 31.2 Å². The van der Waals surface area contributed by atoms with E-state index in [9.17, 15) is 4.79 Å². The molecule has 2 aromatic rings. The third kappa shape index (κ3) is 3.36. The van der Waals surface area contributed by atoms with Crippen molar-refractivity contribution in [1.82, 2.24) is 0 Å². The van der Waals surface area contributed by atoms with Crippen LogP contribution in [0.1, 0.15) is 16.0 Å². The standard InChI is InChI=1S/C19H18N2O3S/c1-13-4-2-3-5-15(13)18-20-16(19(22)24-18)12-14-6-7-17(25-14)21-8-10-23-11-9-21/h2-7,12H,8-11H2,1H3. The normalized spacial score (nSPS) is 19.2. The molecule has 1 aromatic carbocycles. The van der Waals surface area contributed by atoms with Gasteiger partial charge < -0.3 is 14.4 Å². The Bertz CT molecular complexity index is 863. The third-order valence-electron chi connectivity index (χ3n) is 4.21. The van der Waals surface area contributed by atoms with Gasteiger partial charge >= 0.3 is 5.97 Å². The molecule has 128 valence electrons. The predicted molar refractivity (Wildman–Crippen MR) is 99.1 cm³/mol. The van der Waals surface area contributed by atoms with Crippen LogP contribution in [0.2, 0.25) is 0 Å². The van der Waals surface area contributed by atoms with Gasteiger partial charge in [-0.25, -0.2) is 9.79 Å². The summed E-state index contributed by atoms with van der Waals surface area (Å²) in [6, 6.07) is 11.8. The van der Waals surface area contributed by atoms with Crippen LogP contribution in [0, 0.1) is 6.92 Å². The van der Waals surface area contributed by atoms with E-state index in [-0.39, 0.29) is 0 Å². The molecule has 1 saturated heterocycles. The molecular formula is C19H18N2O3S. The lowest BCUT2D eigenvalue weighted by Crippen LogP contribution is -2.35. The Kier molecular flexibility index (Phi) is 4.38. The number of rotatable bonds is 3. The Hall–Kier alpha value is -2.44. The molecular weight excluding hydrogens is 336 g/mol. The predicted octanol–water partition coefficient (Wildman–Crippen LogP) is 3.24. The van der Waals surface area contributed by atoms with Crippen LogP contribution < -0.4 is 4.90 Å². The molecule has 4 rings (SSSR count). The highest BCUT2D eigenvalue weighted by molar-refractivity contribution is 7.16. The number of nitrogens with zero attached hydrogens (tertiary/aromatic N) is 2. The average molecular weight is 354 g/mol. The van der Waals surface area contributed by atoms with Crippen LogP contribution >= 0.6 is 11.3 Å². The molecule has 5 nitrogen and oxygen atoms in total. The minimum Gasteiger partial charge on any atom is -0.402 e. The number of anilines is 1. The van der Waals surface area contributed by atoms with Gasteiger partial charge in [-0.05, 0) is 36.8 Å². The molecule has 0 bridgehead atoms. The van der Waals surface area contributed by atoms with Gasteiger partial charge in [-0.3, -0.25) is 0 Å². The van der Waals surface area contributed by atoms with E-state index in [4.69, 9.17) is 9.47 Å². The average Bonchev–Trinajstić information content (AvgIpc) is 3.24. The Labute approximate surface area is 150 Å². The Morgan fingerprint density at radius 3 is 2.76 bits per heavy atom. The molecule has 2 aliphatic heterocycles. The molecule has 1 aromatic heterocycles. The minimum atomic E-state index is -0.403. The Morgan fingerprint density at radius 2 is 1.96 bits per heavy atom.